The van der Waals surface area contributed by atoms with Crippen LogP contribution < -0.4 is 0 Å². The van der Waals surface area contributed by atoms with Gasteiger partial charge in [-0.3, -0.25) is 0 Å². The second-order valence-corrected chi connectivity index (χ2v) is 5.61. The third-order valence-electron chi connectivity index (χ3n) is 5.02. The van der Waals surface area contributed by atoms with E-state index in [1.807, 2.05) is 0 Å². The first-order valence-corrected chi connectivity index (χ1v) is 5.48. The summed E-state index contributed by atoms with van der Waals surface area (Å²) in [5.74, 6) is 2.17. The van der Waals surface area contributed by atoms with Crippen molar-refractivity contribution in [1.82, 2.24) is 0 Å². The van der Waals surface area contributed by atoms with Crippen molar-refractivity contribution >= 4 is 0 Å². The van der Waals surface area contributed by atoms with Gasteiger partial charge in [0.2, 0.25) is 0 Å². The van der Waals surface area contributed by atoms with Gasteiger partial charge in [0, 0.05) is 0 Å². The highest BCUT2D eigenvalue weighted by atomic mass is 16.3. The fourth-order valence-corrected chi connectivity index (χ4v) is 2.75. The van der Waals surface area contributed by atoms with Gasteiger partial charge in [0.05, 0.1) is 6.10 Å². The quantitative estimate of drug-likeness (QED) is 0.613. The fourth-order valence-electron chi connectivity index (χ4n) is 2.75. The highest BCUT2D eigenvalue weighted by Gasteiger charge is 2.47. The zero-order valence-electron chi connectivity index (χ0n) is 9.83. The van der Waals surface area contributed by atoms with Crippen molar-refractivity contribution in [3.8, 4) is 0 Å². The summed E-state index contributed by atoms with van der Waals surface area (Å²) < 4.78 is 0. The molecular weight excluding hydrogens is 160 g/mol. The average molecular weight is 184 g/mol. The van der Waals surface area contributed by atoms with E-state index in [0.717, 1.165) is 0 Å². The number of hydrogen-bond donors (Lipinski definition) is 1. The first-order chi connectivity index (χ1) is 5.80. The van der Waals surface area contributed by atoms with Crippen molar-refractivity contribution in [1.29, 1.82) is 0 Å². The summed E-state index contributed by atoms with van der Waals surface area (Å²) in [4.78, 5) is 0. The highest BCUT2D eigenvalue weighted by Crippen LogP contribution is 2.49. The van der Waals surface area contributed by atoms with Crippen LogP contribution in [0.5, 0.6) is 0 Å². The van der Waals surface area contributed by atoms with Crippen LogP contribution in [0.2, 0.25) is 0 Å². The van der Waals surface area contributed by atoms with E-state index in [1.54, 1.807) is 0 Å². The maximum absolute atomic E-state index is 10.1. The molecule has 0 aliphatic heterocycles. The molecule has 1 fully saturated rings. The van der Waals surface area contributed by atoms with E-state index >= 15 is 0 Å². The molecule has 0 aromatic heterocycles. The van der Waals surface area contributed by atoms with Gasteiger partial charge in [-0.15, -0.1) is 0 Å². The predicted molar refractivity (Wildman–Crippen MR) is 56.4 cm³/mol. The van der Waals surface area contributed by atoms with E-state index in [1.165, 1.54) is 0 Å². The van der Waals surface area contributed by atoms with Crippen molar-refractivity contribution in [2.24, 2.45) is 29.1 Å². The smallest absolute Gasteiger partial charge is 0.0599 e. The van der Waals surface area contributed by atoms with Crippen molar-refractivity contribution < 1.29 is 5.11 Å². The molecule has 1 rings (SSSR count). The lowest BCUT2D eigenvalue weighted by molar-refractivity contribution is -0.0971. The lowest BCUT2D eigenvalue weighted by Crippen LogP contribution is -2.50. The fraction of sp³-hybridized carbons (Fsp3) is 1.00. The van der Waals surface area contributed by atoms with Gasteiger partial charge in [0.15, 0.2) is 0 Å². The summed E-state index contributed by atoms with van der Waals surface area (Å²) in [6, 6.07) is 0. The Balaban J connectivity index is 2.93. The van der Waals surface area contributed by atoms with E-state index in [2.05, 4.69) is 41.5 Å². The maximum atomic E-state index is 10.1. The molecule has 1 nitrogen and oxygen atoms in total. The summed E-state index contributed by atoms with van der Waals surface area (Å²) in [5, 5.41) is 10.1. The normalized spacial score (nSPS) is 50.5. The van der Waals surface area contributed by atoms with Gasteiger partial charge in [0.1, 0.15) is 0 Å². The first kappa shape index (κ1) is 11.0. The molecule has 0 heterocycles. The van der Waals surface area contributed by atoms with E-state index < -0.39 is 0 Å². The van der Waals surface area contributed by atoms with Crippen LogP contribution in [-0.4, -0.2) is 11.2 Å². The summed E-state index contributed by atoms with van der Waals surface area (Å²) in [5.41, 5.74) is 0.269. The molecule has 5 unspecified atom stereocenters. The lowest BCUT2D eigenvalue weighted by Gasteiger charge is -2.51. The summed E-state index contributed by atoms with van der Waals surface area (Å²) in [6.07, 6.45) is -0.124. The van der Waals surface area contributed by atoms with Gasteiger partial charge in [-0.05, 0) is 29.1 Å². The maximum Gasteiger partial charge on any atom is 0.0599 e. The molecule has 0 saturated heterocycles. The molecule has 1 heteroatoms. The van der Waals surface area contributed by atoms with Gasteiger partial charge in [-0.1, -0.05) is 41.5 Å². The van der Waals surface area contributed by atoms with Crippen molar-refractivity contribution in [3.63, 3.8) is 0 Å². The van der Waals surface area contributed by atoms with Crippen molar-refractivity contribution in [2.75, 3.05) is 0 Å². The van der Waals surface area contributed by atoms with Crippen LogP contribution in [0.25, 0.3) is 0 Å². The lowest BCUT2D eigenvalue weighted by atomic mass is 9.55. The standard InChI is InChI=1S/C12H24O/c1-7-8(2)11(13)10(4)12(5,6)9(7)3/h7-11,13H,1-6H3. The summed E-state index contributed by atoms with van der Waals surface area (Å²) >= 11 is 0. The zero-order valence-corrected chi connectivity index (χ0v) is 9.83. The minimum absolute atomic E-state index is 0.124. The Hall–Kier alpha value is -0.0400. The van der Waals surface area contributed by atoms with Crippen LogP contribution in [0.1, 0.15) is 41.5 Å². The molecule has 0 aromatic carbocycles. The molecule has 0 radical (unpaired) electrons. The average Bonchev–Trinajstić information content (AvgIpc) is 2.09. The SMILES string of the molecule is CC1C(C)C(C)C(C)(C)C(C)C1O. The topological polar surface area (TPSA) is 20.2 Å². The van der Waals surface area contributed by atoms with Crippen LogP contribution in [0.15, 0.2) is 0 Å². The molecular formula is C12H24O. The van der Waals surface area contributed by atoms with Gasteiger partial charge >= 0.3 is 0 Å². The van der Waals surface area contributed by atoms with E-state index in [0.29, 0.717) is 23.7 Å². The van der Waals surface area contributed by atoms with Gasteiger partial charge in [-0.2, -0.15) is 0 Å². The van der Waals surface area contributed by atoms with Gasteiger partial charge in [-0.25, -0.2) is 0 Å². The highest BCUT2D eigenvalue weighted by molar-refractivity contribution is 4.95. The molecule has 0 spiro atoms. The second-order valence-electron chi connectivity index (χ2n) is 5.61. The van der Waals surface area contributed by atoms with E-state index in [-0.39, 0.29) is 11.5 Å². The number of aliphatic hydroxyl groups is 1. The number of hydrogen-bond acceptors (Lipinski definition) is 1. The number of aliphatic hydroxyl groups excluding tert-OH is 1. The Labute approximate surface area is 82.5 Å². The molecule has 1 aliphatic rings. The monoisotopic (exact) mass is 184 g/mol. The minimum Gasteiger partial charge on any atom is -0.393 e. The molecule has 0 amide bonds. The third kappa shape index (κ3) is 1.52. The molecule has 78 valence electrons. The molecule has 1 N–H and O–H groups in total. The van der Waals surface area contributed by atoms with Crippen LogP contribution >= 0.6 is 0 Å². The Morgan fingerprint density at radius 3 is 1.77 bits per heavy atom. The van der Waals surface area contributed by atoms with Gasteiger partial charge < -0.3 is 5.11 Å². The molecule has 1 aliphatic carbocycles. The van der Waals surface area contributed by atoms with Crippen LogP contribution in [0.4, 0.5) is 0 Å². The van der Waals surface area contributed by atoms with Crippen LogP contribution in [0.3, 0.4) is 0 Å². The Morgan fingerprint density at radius 1 is 0.846 bits per heavy atom. The van der Waals surface area contributed by atoms with Crippen LogP contribution in [0, 0.1) is 29.1 Å². The first-order valence-electron chi connectivity index (χ1n) is 5.48. The Morgan fingerprint density at radius 2 is 1.31 bits per heavy atom. The Bertz CT molecular complexity index is 168. The zero-order chi connectivity index (χ0) is 10.4. The number of rotatable bonds is 0. The minimum atomic E-state index is -0.124. The van der Waals surface area contributed by atoms with Crippen molar-refractivity contribution in [3.05, 3.63) is 0 Å². The van der Waals surface area contributed by atoms with E-state index in [4.69, 9.17) is 0 Å². The Kier molecular flexibility index (Phi) is 2.78. The molecule has 1 saturated carbocycles. The molecule has 5 atom stereocenters. The van der Waals surface area contributed by atoms with Crippen LogP contribution in [-0.2, 0) is 0 Å². The third-order valence-corrected chi connectivity index (χ3v) is 5.02. The largest absolute Gasteiger partial charge is 0.393 e. The summed E-state index contributed by atoms with van der Waals surface area (Å²) in [6.45, 7) is 13.5. The second kappa shape index (κ2) is 3.27. The predicted octanol–water partition coefficient (Wildman–Crippen LogP) is 2.93. The molecule has 0 bridgehead atoms. The van der Waals surface area contributed by atoms with Crippen molar-refractivity contribution in [2.45, 2.75) is 47.6 Å². The summed E-state index contributed by atoms with van der Waals surface area (Å²) in [7, 11) is 0. The molecule has 0 aromatic rings. The van der Waals surface area contributed by atoms with Gasteiger partial charge in [0.25, 0.3) is 0 Å². The van der Waals surface area contributed by atoms with E-state index in [9.17, 15) is 5.11 Å². The molecule has 13 heavy (non-hydrogen) atoms.